The summed E-state index contributed by atoms with van der Waals surface area (Å²) in [5, 5.41) is 14.5. The molecule has 0 heterocycles. The van der Waals surface area contributed by atoms with Gasteiger partial charge in [-0.05, 0) is 56.3 Å². The highest BCUT2D eigenvalue weighted by Crippen LogP contribution is 2.37. The number of carbonyl (C=O) groups excluding carboxylic acids is 1. The summed E-state index contributed by atoms with van der Waals surface area (Å²) in [7, 11) is 0. The first-order chi connectivity index (χ1) is 14.8. The third-order valence-electron chi connectivity index (χ3n) is 8.19. The predicted molar refractivity (Wildman–Crippen MR) is 138 cm³/mol. The van der Waals surface area contributed by atoms with Gasteiger partial charge in [0.1, 0.15) is 0 Å². The first kappa shape index (κ1) is 29.7. The van der Waals surface area contributed by atoms with Crippen LogP contribution in [0.15, 0.2) is 0 Å². The summed E-state index contributed by atoms with van der Waals surface area (Å²) in [5.74, 6) is 1.34. The van der Waals surface area contributed by atoms with Gasteiger partial charge in [-0.1, -0.05) is 85.0 Å². The summed E-state index contributed by atoms with van der Waals surface area (Å²) in [6.07, 6.45) is 18.2. The fraction of sp³-hybridized carbons (Fsp3) is 0.963. The number of amides is 1. The van der Waals surface area contributed by atoms with E-state index in [4.69, 9.17) is 5.73 Å². The predicted octanol–water partition coefficient (Wildman–Crippen LogP) is 6.38. The number of nitrogens with one attached hydrogen (secondary N) is 1. The lowest BCUT2D eigenvalue weighted by Crippen LogP contribution is -2.46. The first-order valence-electron chi connectivity index (χ1n) is 13.6. The van der Waals surface area contributed by atoms with Crippen LogP contribution in [0.25, 0.3) is 0 Å². The lowest BCUT2D eigenvalue weighted by Gasteiger charge is -2.39. The Morgan fingerprint density at radius 1 is 1.09 bits per heavy atom. The molecule has 4 N–H and O–H groups in total. The molecule has 3 unspecified atom stereocenters. The van der Waals surface area contributed by atoms with Crippen LogP contribution >= 0.6 is 12.4 Å². The van der Waals surface area contributed by atoms with Gasteiger partial charge in [-0.15, -0.1) is 12.4 Å². The Labute approximate surface area is 204 Å². The molecule has 0 spiro atoms. The minimum atomic E-state index is -0.435. The molecule has 0 radical (unpaired) electrons. The normalized spacial score (nSPS) is 21.7. The van der Waals surface area contributed by atoms with E-state index in [2.05, 4.69) is 26.1 Å². The van der Waals surface area contributed by atoms with Crippen molar-refractivity contribution in [3.8, 4) is 0 Å². The number of carbonyl (C=O) groups is 1. The van der Waals surface area contributed by atoms with Gasteiger partial charge in [-0.3, -0.25) is 4.79 Å². The van der Waals surface area contributed by atoms with Crippen LogP contribution in [0.4, 0.5) is 0 Å². The van der Waals surface area contributed by atoms with Crippen molar-refractivity contribution in [2.75, 3.05) is 6.54 Å². The highest BCUT2D eigenvalue weighted by atomic mass is 35.5. The Morgan fingerprint density at radius 2 is 1.75 bits per heavy atom. The van der Waals surface area contributed by atoms with Crippen molar-refractivity contribution in [2.24, 2.45) is 29.4 Å². The molecule has 5 heteroatoms. The number of halogens is 1. The molecule has 0 aliphatic heterocycles. The van der Waals surface area contributed by atoms with Crippen molar-refractivity contribution < 1.29 is 9.90 Å². The highest BCUT2D eigenvalue weighted by Gasteiger charge is 2.35. The van der Waals surface area contributed by atoms with Crippen molar-refractivity contribution in [1.82, 2.24) is 5.32 Å². The summed E-state index contributed by atoms with van der Waals surface area (Å²) >= 11 is 0. The molecule has 2 rings (SSSR count). The van der Waals surface area contributed by atoms with Crippen molar-refractivity contribution >= 4 is 18.3 Å². The maximum atomic E-state index is 12.8. The smallest absolute Gasteiger partial charge is 0.223 e. The van der Waals surface area contributed by atoms with Gasteiger partial charge in [-0.2, -0.15) is 0 Å². The lowest BCUT2D eigenvalue weighted by atomic mass is 9.72. The fourth-order valence-corrected chi connectivity index (χ4v) is 6.03. The van der Waals surface area contributed by atoms with E-state index in [1.54, 1.807) is 0 Å². The van der Waals surface area contributed by atoms with Gasteiger partial charge in [0.05, 0.1) is 6.10 Å². The van der Waals surface area contributed by atoms with E-state index in [9.17, 15) is 9.90 Å². The lowest BCUT2D eigenvalue weighted by molar-refractivity contribution is -0.128. The average molecular weight is 473 g/mol. The first-order valence-corrected chi connectivity index (χ1v) is 13.6. The maximum absolute atomic E-state index is 12.8. The molecule has 2 saturated carbocycles. The monoisotopic (exact) mass is 472 g/mol. The zero-order chi connectivity index (χ0) is 22.7. The molecule has 2 aliphatic rings. The number of nitrogens with two attached hydrogens (primary N) is 1. The molecule has 190 valence electrons. The number of aliphatic hydroxyl groups excluding tert-OH is 1. The molecule has 2 aliphatic carbocycles. The number of unbranched alkanes of at least 4 members (excludes halogenated alkanes) is 1. The molecule has 0 aromatic heterocycles. The molecule has 0 aromatic carbocycles. The number of rotatable bonds is 14. The molecule has 0 aromatic rings. The van der Waals surface area contributed by atoms with Crippen LogP contribution in [-0.4, -0.2) is 29.2 Å². The summed E-state index contributed by atoms with van der Waals surface area (Å²) < 4.78 is 0. The minimum Gasteiger partial charge on any atom is -0.393 e. The topological polar surface area (TPSA) is 75.3 Å². The molecular weight excluding hydrogens is 420 g/mol. The van der Waals surface area contributed by atoms with Gasteiger partial charge in [-0.25, -0.2) is 0 Å². The number of aliphatic hydroxyl groups is 1. The van der Waals surface area contributed by atoms with E-state index >= 15 is 0 Å². The largest absolute Gasteiger partial charge is 0.393 e. The van der Waals surface area contributed by atoms with Gasteiger partial charge in [0, 0.05) is 18.0 Å². The van der Waals surface area contributed by atoms with E-state index in [-0.39, 0.29) is 41.6 Å². The van der Waals surface area contributed by atoms with E-state index in [0.717, 1.165) is 51.0 Å². The van der Waals surface area contributed by atoms with Gasteiger partial charge >= 0.3 is 0 Å². The second kappa shape index (κ2) is 15.6. The van der Waals surface area contributed by atoms with Crippen LogP contribution in [-0.2, 0) is 4.79 Å². The molecule has 4 nitrogen and oxygen atoms in total. The Morgan fingerprint density at radius 3 is 2.34 bits per heavy atom. The zero-order valence-electron chi connectivity index (χ0n) is 21.2. The van der Waals surface area contributed by atoms with Crippen LogP contribution in [0.3, 0.4) is 0 Å². The maximum Gasteiger partial charge on any atom is 0.223 e. The third-order valence-corrected chi connectivity index (χ3v) is 8.19. The van der Waals surface area contributed by atoms with Crippen LogP contribution < -0.4 is 11.1 Å². The van der Waals surface area contributed by atoms with Gasteiger partial charge in [0.25, 0.3) is 0 Å². The van der Waals surface area contributed by atoms with Crippen LogP contribution in [0.1, 0.15) is 124 Å². The van der Waals surface area contributed by atoms with Gasteiger partial charge in [0.2, 0.25) is 5.91 Å². The second-order valence-electron chi connectivity index (χ2n) is 11.3. The van der Waals surface area contributed by atoms with Crippen LogP contribution in [0.5, 0.6) is 0 Å². The average Bonchev–Trinajstić information content (AvgIpc) is 3.25. The molecular formula is C27H53ClN2O2. The van der Waals surface area contributed by atoms with Crippen molar-refractivity contribution in [3.05, 3.63) is 0 Å². The highest BCUT2D eigenvalue weighted by molar-refractivity contribution is 5.85. The molecule has 0 saturated heterocycles. The minimum absolute atomic E-state index is 0. The van der Waals surface area contributed by atoms with Crippen molar-refractivity contribution in [2.45, 2.75) is 135 Å². The Bertz CT molecular complexity index is 502. The quantitative estimate of drug-likeness (QED) is 0.257. The molecule has 0 bridgehead atoms. The number of hydrogen-bond donors (Lipinski definition) is 3. The summed E-state index contributed by atoms with van der Waals surface area (Å²) in [6.45, 7) is 7.10. The Kier molecular flexibility index (Phi) is 14.4. The van der Waals surface area contributed by atoms with Crippen molar-refractivity contribution in [3.63, 3.8) is 0 Å². The molecule has 2 fully saturated rings. The van der Waals surface area contributed by atoms with Gasteiger partial charge < -0.3 is 16.2 Å². The SMILES string of the molecule is CCCCNC(=O)C(CC(O)C(CCCC1CCCC1)CC1(N)CCCCC1)C(C)C.Cl. The standard InChI is InChI=1S/C27H52N2O2.ClH/c1-4-5-18-29-26(31)24(21(2)3)19-25(30)23(15-11-14-22-12-7-8-13-22)20-27(28)16-9-6-10-17-27;/h21-25,30H,4-20,28H2,1-3H3,(H,29,31);1H. The second-order valence-corrected chi connectivity index (χ2v) is 11.3. The third kappa shape index (κ3) is 10.3. The molecule has 32 heavy (non-hydrogen) atoms. The van der Waals surface area contributed by atoms with E-state index < -0.39 is 6.10 Å². The summed E-state index contributed by atoms with van der Waals surface area (Å²) in [5.41, 5.74) is 6.72. The zero-order valence-corrected chi connectivity index (χ0v) is 22.1. The fourth-order valence-electron chi connectivity index (χ4n) is 6.03. The van der Waals surface area contributed by atoms with E-state index in [0.29, 0.717) is 6.42 Å². The molecule has 3 atom stereocenters. The Hall–Kier alpha value is -0.320. The molecule has 1 amide bonds. The summed E-state index contributed by atoms with van der Waals surface area (Å²) in [4.78, 5) is 12.8. The summed E-state index contributed by atoms with van der Waals surface area (Å²) in [6, 6.07) is 0. The van der Waals surface area contributed by atoms with Crippen LogP contribution in [0.2, 0.25) is 0 Å². The van der Waals surface area contributed by atoms with E-state index in [1.807, 2.05) is 0 Å². The van der Waals surface area contributed by atoms with Crippen molar-refractivity contribution in [1.29, 1.82) is 0 Å². The van der Waals surface area contributed by atoms with Crippen LogP contribution in [0, 0.1) is 23.7 Å². The number of hydrogen-bond acceptors (Lipinski definition) is 3. The van der Waals surface area contributed by atoms with E-state index in [1.165, 1.54) is 57.8 Å². The Balaban J connectivity index is 0.00000512. The van der Waals surface area contributed by atoms with Gasteiger partial charge in [0.15, 0.2) is 0 Å².